The Morgan fingerprint density at radius 3 is 2.95 bits per heavy atom. The van der Waals surface area contributed by atoms with Gasteiger partial charge in [-0.1, -0.05) is 18.2 Å². The lowest BCUT2D eigenvalue weighted by Crippen LogP contribution is -2.37. The molecule has 0 saturated carbocycles. The van der Waals surface area contributed by atoms with E-state index in [9.17, 15) is 0 Å². The monoisotopic (exact) mass is 264 g/mol. The van der Waals surface area contributed by atoms with Crippen LogP contribution in [0, 0.1) is 0 Å². The van der Waals surface area contributed by atoms with E-state index in [2.05, 4.69) is 18.0 Å². The molecular formula is C15H24N2O2. The molecule has 0 aromatic heterocycles. The summed E-state index contributed by atoms with van der Waals surface area (Å²) in [5.74, 6) is 0.897. The van der Waals surface area contributed by atoms with Crippen molar-refractivity contribution >= 4 is 0 Å². The van der Waals surface area contributed by atoms with E-state index < -0.39 is 0 Å². The molecule has 106 valence electrons. The first-order valence-corrected chi connectivity index (χ1v) is 6.97. The highest BCUT2D eigenvalue weighted by molar-refractivity contribution is 5.35. The Labute approximate surface area is 115 Å². The summed E-state index contributed by atoms with van der Waals surface area (Å²) in [6.07, 6.45) is 1.09. The highest BCUT2D eigenvalue weighted by Crippen LogP contribution is 2.25. The van der Waals surface area contributed by atoms with Gasteiger partial charge in [-0.05, 0) is 26.5 Å². The standard InChI is InChI=1S/C15H24N2O2/c1-3-19-15-7-5-4-6-13(15)14(16)10-17(2)12-8-9-18-11-12/h4-7,12,14H,3,8-11,16H2,1-2H3. The number of nitrogens with two attached hydrogens (primary N) is 1. The highest BCUT2D eigenvalue weighted by Gasteiger charge is 2.23. The van der Waals surface area contributed by atoms with Crippen molar-refractivity contribution in [2.75, 3.05) is 33.4 Å². The zero-order valence-electron chi connectivity index (χ0n) is 11.8. The molecule has 2 N–H and O–H groups in total. The molecule has 1 aromatic rings. The van der Waals surface area contributed by atoms with Crippen molar-refractivity contribution in [3.05, 3.63) is 29.8 Å². The summed E-state index contributed by atoms with van der Waals surface area (Å²) in [7, 11) is 2.11. The van der Waals surface area contributed by atoms with Gasteiger partial charge < -0.3 is 15.2 Å². The Balaban J connectivity index is 2.00. The third kappa shape index (κ3) is 3.69. The zero-order chi connectivity index (χ0) is 13.7. The Kier molecular flexibility index (Phi) is 5.19. The van der Waals surface area contributed by atoms with E-state index in [1.54, 1.807) is 0 Å². The molecule has 1 saturated heterocycles. The van der Waals surface area contributed by atoms with Crippen LogP contribution < -0.4 is 10.5 Å². The van der Waals surface area contributed by atoms with E-state index >= 15 is 0 Å². The predicted molar refractivity (Wildman–Crippen MR) is 76.4 cm³/mol. The molecule has 1 aliphatic heterocycles. The fraction of sp³-hybridized carbons (Fsp3) is 0.600. The molecule has 2 atom stereocenters. The average molecular weight is 264 g/mol. The minimum absolute atomic E-state index is 0.0339. The van der Waals surface area contributed by atoms with Gasteiger partial charge in [-0.2, -0.15) is 0 Å². The molecule has 0 spiro atoms. The second-order valence-electron chi connectivity index (χ2n) is 5.03. The lowest BCUT2D eigenvalue weighted by atomic mass is 10.1. The van der Waals surface area contributed by atoms with Crippen molar-refractivity contribution in [2.24, 2.45) is 5.73 Å². The van der Waals surface area contributed by atoms with E-state index in [-0.39, 0.29) is 6.04 Å². The van der Waals surface area contributed by atoms with Crippen LogP contribution in [0.25, 0.3) is 0 Å². The van der Waals surface area contributed by atoms with Gasteiger partial charge in [-0.3, -0.25) is 4.90 Å². The van der Waals surface area contributed by atoms with Gasteiger partial charge in [0.15, 0.2) is 0 Å². The summed E-state index contributed by atoms with van der Waals surface area (Å²) >= 11 is 0. The third-order valence-corrected chi connectivity index (χ3v) is 3.63. The van der Waals surface area contributed by atoms with Crippen LogP contribution in [0.2, 0.25) is 0 Å². The van der Waals surface area contributed by atoms with Crippen LogP contribution in [0.1, 0.15) is 24.9 Å². The van der Waals surface area contributed by atoms with Crippen LogP contribution in [0.15, 0.2) is 24.3 Å². The Hall–Kier alpha value is -1.10. The lowest BCUT2D eigenvalue weighted by Gasteiger charge is -2.27. The summed E-state index contributed by atoms with van der Waals surface area (Å²) in [5.41, 5.74) is 7.41. The molecule has 1 aromatic carbocycles. The van der Waals surface area contributed by atoms with Crippen molar-refractivity contribution in [2.45, 2.75) is 25.4 Å². The van der Waals surface area contributed by atoms with Crippen molar-refractivity contribution in [3.8, 4) is 5.75 Å². The van der Waals surface area contributed by atoms with Crippen molar-refractivity contribution in [1.29, 1.82) is 0 Å². The fourth-order valence-corrected chi connectivity index (χ4v) is 2.50. The minimum atomic E-state index is -0.0339. The number of likely N-dealkylation sites (N-methyl/N-ethyl adjacent to an activating group) is 1. The second kappa shape index (κ2) is 6.89. The van der Waals surface area contributed by atoms with Crippen molar-refractivity contribution in [3.63, 3.8) is 0 Å². The van der Waals surface area contributed by atoms with Crippen LogP contribution in [-0.4, -0.2) is 44.4 Å². The number of para-hydroxylation sites is 1. The number of rotatable bonds is 6. The molecule has 4 nitrogen and oxygen atoms in total. The SMILES string of the molecule is CCOc1ccccc1C(N)CN(C)C1CCOC1. The highest BCUT2D eigenvalue weighted by atomic mass is 16.5. The van der Waals surface area contributed by atoms with Crippen molar-refractivity contribution in [1.82, 2.24) is 4.90 Å². The number of hydrogen-bond donors (Lipinski definition) is 1. The Morgan fingerprint density at radius 1 is 1.47 bits per heavy atom. The second-order valence-corrected chi connectivity index (χ2v) is 5.03. The molecule has 0 bridgehead atoms. The summed E-state index contributed by atoms with van der Waals surface area (Å²) in [6.45, 7) is 5.15. The van der Waals surface area contributed by atoms with Crippen LogP contribution >= 0.6 is 0 Å². The van der Waals surface area contributed by atoms with Gasteiger partial charge in [0.2, 0.25) is 0 Å². The summed E-state index contributed by atoms with van der Waals surface area (Å²) in [4.78, 5) is 2.29. The largest absolute Gasteiger partial charge is 0.494 e. The van der Waals surface area contributed by atoms with Gasteiger partial charge in [0, 0.05) is 30.8 Å². The maximum atomic E-state index is 6.33. The first-order valence-electron chi connectivity index (χ1n) is 6.97. The zero-order valence-corrected chi connectivity index (χ0v) is 11.8. The molecule has 1 heterocycles. The molecule has 2 rings (SSSR count). The Bertz CT molecular complexity index is 391. The van der Waals surface area contributed by atoms with Crippen LogP contribution in [0.3, 0.4) is 0 Å². The van der Waals surface area contributed by atoms with E-state index in [0.717, 1.165) is 37.5 Å². The van der Waals surface area contributed by atoms with Gasteiger partial charge in [0.25, 0.3) is 0 Å². The van der Waals surface area contributed by atoms with Gasteiger partial charge in [0.05, 0.1) is 13.2 Å². The predicted octanol–water partition coefficient (Wildman–Crippen LogP) is 1.81. The number of ether oxygens (including phenoxy) is 2. The molecule has 4 heteroatoms. The minimum Gasteiger partial charge on any atom is -0.494 e. The van der Waals surface area contributed by atoms with E-state index in [1.165, 1.54) is 0 Å². The molecule has 1 aliphatic rings. The normalized spacial score (nSPS) is 20.7. The van der Waals surface area contributed by atoms with E-state index in [1.807, 2.05) is 25.1 Å². The molecule has 0 radical (unpaired) electrons. The van der Waals surface area contributed by atoms with Gasteiger partial charge in [-0.25, -0.2) is 0 Å². The Morgan fingerprint density at radius 2 is 2.26 bits per heavy atom. The number of benzene rings is 1. The third-order valence-electron chi connectivity index (χ3n) is 3.63. The van der Waals surface area contributed by atoms with Crippen LogP contribution in [-0.2, 0) is 4.74 Å². The maximum absolute atomic E-state index is 6.33. The molecular weight excluding hydrogens is 240 g/mol. The van der Waals surface area contributed by atoms with Crippen LogP contribution in [0.5, 0.6) is 5.75 Å². The smallest absolute Gasteiger partial charge is 0.124 e. The number of hydrogen-bond acceptors (Lipinski definition) is 4. The van der Waals surface area contributed by atoms with Gasteiger partial charge >= 0.3 is 0 Å². The molecule has 0 amide bonds. The first kappa shape index (κ1) is 14.3. The maximum Gasteiger partial charge on any atom is 0.124 e. The summed E-state index contributed by atoms with van der Waals surface area (Å²) < 4.78 is 11.1. The lowest BCUT2D eigenvalue weighted by molar-refractivity contribution is 0.155. The van der Waals surface area contributed by atoms with Crippen LogP contribution in [0.4, 0.5) is 0 Å². The number of nitrogens with zero attached hydrogens (tertiary/aromatic N) is 1. The summed E-state index contributed by atoms with van der Waals surface area (Å²) in [5, 5.41) is 0. The topological polar surface area (TPSA) is 47.7 Å². The van der Waals surface area contributed by atoms with E-state index in [0.29, 0.717) is 12.6 Å². The quantitative estimate of drug-likeness (QED) is 0.851. The molecule has 2 unspecified atom stereocenters. The first-order chi connectivity index (χ1) is 9.22. The van der Waals surface area contributed by atoms with Gasteiger partial charge in [0.1, 0.15) is 5.75 Å². The summed E-state index contributed by atoms with van der Waals surface area (Å²) in [6, 6.07) is 8.48. The van der Waals surface area contributed by atoms with E-state index in [4.69, 9.17) is 15.2 Å². The molecule has 1 fully saturated rings. The van der Waals surface area contributed by atoms with Crippen molar-refractivity contribution < 1.29 is 9.47 Å². The van der Waals surface area contributed by atoms with Gasteiger partial charge in [-0.15, -0.1) is 0 Å². The molecule has 19 heavy (non-hydrogen) atoms. The molecule has 0 aliphatic carbocycles. The fourth-order valence-electron chi connectivity index (χ4n) is 2.50. The average Bonchev–Trinajstić information content (AvgIpc) is 2.93.